The molecule has 9 nitrogen and oxygen atoms in total. The van der Waals surface area contributed by atoms with Crippen LogP contribution >= 0.6 is 11.6 Å². The summed E-state index contributed by atoms with van der Waals surface area (Å²) in [5.41, 5.74) is 0.832. The molecule has 190 valence electrons. The molecule has 2 amide bonds. The Bertz CT molecular complexity index is 1110. The molecule has 1 aromatic heterocycles. The summed E-state index contributed by atoms with van der Waals surface area (Å²) in [6.45, 7) is 2.73. The van der Waals surface area contributed by atoms with Crippen LogP contribution in [0.5, 0.6) is 0 Å². The monoisotopic (exact) mass is 504 g/mol. The standard InChI is InChI=1S/C25H33ClN4O5/c1-16-13-30(25(34)29(16)14-22(31)27-18-10-11-35-15-18)19-8-9-21(26)20(12-19)24(33)28-23(32)17-6-4-2-3-5-7-17/h8-9,12-13,17-18,23,32H,2-7,10-11,14-15H2,1H3,(H,27,31)(H,28,33). The maximum atomic E-state index is 13.1. The van der Waals surface area contributed by atoms with Gasteiger partial charge in [0.1, 0.15) is 12.8 Å². The summed E-state index contributed by atoms with van der Waals surface area (Å²) in [5.74, 6) is -0.729. The average Bonchev–Trinajstić information content (AvgIpc) is 3.31. The van der Waals surface area contributed by atoms with Crippen LogP contribution in [0.15, 0.2) is 29.2 Å². The Balaban J connectivity index is 1.49. The number of carbonyl (C=O) groups is 2. The fraction of sp³-hybridized carbons (Fsp3) is 0.560. The number of nitrogens with one attached hydrogen (secondary N) is 2. The number of amides is 2. The third kappa shape index (κ3) is 6.15. The molecule has 2 fully saturated rings. The molecule has 2 atom stereocenters. The minimum absolute atomic E-state index is 0.0182. The van der Waals surface area contributed by atoms with Crippen LogP contribution in [0.3, 0.4) is 0 Å². The number of aromatic nitrogens is 2. The number of imidazole rings is 1. The van der Waals surface area contributed by atoms with Gasteiger partial charge < -0.3 is 20.5 Å². The average molecular weight is 505 g/mol. The van der Waals surface area contributed by atoms with Gasteiger partial charge in [0.2, 0.25) is 5.91 Å². The van der Waals surface area contributed by atoms with Crippen molar-refractivity contribution in [2.45, 2.75) is 70.7 Å². The Hall–Kier alpha value is -2.62. The van der Waals surface area contributed by atoms with Crippen LogP contribution in [0.1, 0.15) is 61.0 Å². The van der Waals surface area contributed by atoms with E-state index in [0.717, 1.165) is 44.9 Å². The molecule has 35 heavy (non-hydrogen) atoms. The predicted molar refractivity (Wildman–Crippen MR) is 132 cm³/mol. The molecule has 3 N–H and O–H groups in total. The summed E-state index contributed by atoms with van der Waals surface area (Å²) in [6, 6.07) is 4.68. The van der Waals surface area contributed by atoms with Gasteiger partial charge in [-0.2, -0.15) is 0 Å². The van der Waals surface area contributed by atoms with E-state index in [1.807, 2.05) is 0 Å². The highest BCUT2D eigenvalue weighted by Gasteiger charge is 2.24. The highest BCUT2D eigenvalue weighted by atomic mass is 35.5. The Morgan fingerprint density at radius 2 is 1.94 bits per heavy atom. The van der Waals surface area contributed by atoms with Crippen LogP contribution in [-0.2, 0) is 16.1 Å². The fourth-order valence-corrected chi connectivity index (χ4v) is 5.03. The van der Waals surface area contributed by atoms with E-state index in [4.69, 9.17) is 16.3 Å². The summed E-state index contributed by atoms with van der Waals surface area (Å²) in [5, 5.41) is 16.4. The van der Waals surface area contributed by atoms with E-state index < -0.39 is 17.8 Å². The minimum Gasteiger partial charge on any atom is -0.379 e. The lowest BCUT2D eigenvalue weighted by Crippen LogP contribution is -2.40. The second kappa shape index (κ2) is 11.4. The molecular formula is C25H33ClN4O5. The Kier molecular flexibility index (Phi) is 8.30. The molecule has 10 heteroatoms. The topological polar surface area (TPSA) is 115 Å². The molecule has 1 saturated carbocycles. The number of hydrogen-bond donors (Lipinski definition) is 3. The number of benzene rings is 1. The van der Waals surface area contributed by atoms with Crippen molar-refractivity contribution in [1.29, 1.82) is 0 Å². The van der Waals surface area contributed by atoms with Gasteiger partial charge in [-0.1, -0.05) is 37.3 Å². The molecule has 1 saturated heterocycles. The lowest BCUT2D eigenvalue weighted by atomic mass is 9.98. The Morgan fingerprint density at radius 1 is 1.20 bits per heavy atom. The van der Waals surface area contributed by atoms with Crippen molar-refractivity contribution < 1.29 is 19.4 Å². The number of halogens is 1. The van der Waals surface area contributed by atoms with Crippen molar-refractivity contribution in [1.82, 2.24) is 19.8 Å². The van der Waals surface area contributed by atoms with Gasteiger partial charge in [0.25, 0.3) is 5.91 Å². The van der Waals surface area contributed by atoms with Gasteiger partial charge >= 0.3 is 5.69 Å². The quantitative estimate of drug-likeness (QED) is 0.396. The zero-order valence-electron chi connectivity index (χ0n) is 20.0. The molecule has 0 bridgehead atoms. The Morgan fingerprint density at radius 3 is 2.63 bits per heavy atom. The fourth-order valence-electron chi connectivity index (χ4n) is 4.83. The van der Waals surface area contributed by atoms with E-state index in [-0.39, 0.29) is 35.0 Å². The van der Waals surface area contributed by atoms with Crippen molar-refractivity contribution >= 4 is 23.4 Å². The van der Waals surface area contributed by atoms with Crippen molar-refractivity contribution in [2.24, 2.45) is 5.92 Å². The van der Waals surface area contributed by atoms with Crippen molar-refractivity contribution in [3.05, 3.63) is 51.2 Å². The summed E-state index contributed by atoms with van der Waals surface area (Å²) < 4.78 is 8.04. The van der Waals surface area contributed by atoms with Crippen LogP contribution in [0, 0.1) is 12.8 Å². The van der Waals surface area contributed by atoms with E-state index >= 15 is 0 Å². The summed E-state index contributed by atoms with van der Waals surface area (Å²) >= 11 is 6.30. The second-order valence-electron chi connectivity index (χ2n) is 9.47. The van der Waals surface area contributed by atoms with Crippen LogP contribution in [0.25, 0.3) is 5.69 Å². The molecule has 1 aliphatic heterocycles. The number of rotatable bonds is 7. The molecule has 1 aromatic carbocycles. The first kappa shape index (κ1) is 25.5. The molecule has 2 heterocycles. The summed E-state index contributed by atoms with van der Waals surface area (Å²) in [7, 11) is 0. The number of aliphatic hydroxyl groups is 1. The lowest BCUT2D eigenvalue weighted by Gasteiger charge is -2.22. The Labute approximate surface area is 209 Å². The van der Waals surface area contributed by atoms with Crippen molar-refractivity contribution in [3.8, 4) is 5.69 Å². The van der Waals surface area contributed by atoms with E-state index in [1.54, 1.807) is 25.3 Å². The smallest absolute Gasteiger partial charge is 0.333 e. The van der Waals surface area contributed by atoms with Crippen LogP contribution in [0.2, 0.25) is 5.02 Å². The molecule has 2 aliphatic rings. The number of ether oxygens (including phenoxy) is 1. The second-order valence-corrected chi connectivity index (χ2v) is 9.88. The van der Waals surface area contributed by atoms with Gasteiger partial charge in [-0.25, -0.2) is 4.79 Å². The molecular weight excluding hydrogens is 472 g/mol. The summed E-state index contributed by atoms with van der Waals surface area (Å²) in [6.07, 6.45) is 7.56. The molecule has 2 unspecified atom stereocenters. The highest BCUT2D eigenvalue weighted by molar-refractivity contribution is 6.33. The minimum atomic E-state index is -0.949. The van der Waals surface area contributed by atoms with Gasteiger partial charge in [-0.3, -0.25) is 18.7 Å². The van der Waals surface area contributed by atoms with Gasteiger partial charge in [0.05, 0.1) is 28.9 Å². The molecule has 4 rings (SSSR count). The predicted octanol–water partition coefficient (Wildman–Crippen LogP) is 2.52. The van der Waals surface area contributed by atoms with Crippen LogP contribution in [0.4, 0.5) is 0 Å². The third-order valence-corrected chi connectivity index (χ3v) is 7.20. The zero-order chi connectivity index (χ0) is 24.9. The van der Waals surface area contributed by atoms with E-state index in [9.17, 15) is 19.5 Å². The largest absolute Gasteiger partial charge is 0.379 e. The van der Waals surface area contributed by atoms with Crippen molar-refractivity contribution in [2.75, 3.05) is 13.2 Å². The van der Waals surface area contributed by atoms with Gasteiger partial charge in [-0.05, 0) is 44.4 Å². The number of aryl methyl sites for hydroxylation is 1. The molecule has 0 spiro atoms. The SMILES string of the molecule is Cc1cn(-c2ccc(Cl)c(C(=O)NC(O)C3CCCCCC3)c2)c(=O)n1CC(=O)NC1CCOC1. The third-order valence-electron chi connectivity index (χ3n) is 6.87. The molecule has 0 radical (unpaired) electrons. The maximum Gasteiger partial charge on any atom is 0.333 e. The van der Waals surface area contributed by atoms with Crippen LogP contribution in [-0.4, -0.2) is 51.5 Å². The number of aliphatic hydroxyl groups excluding tert-OH is 1. The molecule has 1 aliphatic carbocycles. The lowest BCUT2D eigenvalue weighted by molar-refractivity contribution is -0.122. The first-order valence-corrected chi connectivity index (χ1v) is 12.7. The zero-order valence-corrected chi connectivity index (χ0v) is 20.7. The normalized spacial score (nSPS) is 19.8. The van der Waals surface area contributed by atoms with E-state index in [1.165, 1.54) is 15.2 Å². The van der Waals surface area contributed by atoms with Gasteiger partial charge in [0, 0.05) is 24.4 Å². The van der Waals surface area contributed by atoms with E-state index in [2.05, 4.69) is 10.6 Å². The summed E-state index contributed by atoms with van der Waals surface area (Å²) in [4.78, 5) is 38.5. The van der Waals surface area contributed by atoms with Gasteiger partial charge in [0.15, 0.2) is 0 Å². The molecule has 2 aromatic rings. The number of carbonyl (C=O) groups excluding carboxylic acids is 2. The number of hydrogen-bond acceptors (Lipinski definition) is 5. The van der Waals surface area contributed by atoms with Crippen LogP contribution < -0.4 is 16.3 Å². The number of nitrogens with zero attached hydrogens (tertiary/aromatic N) is 2. The first-order chi connectivity index (χ1) is 16.8. The highest BCUT2D eigenvalue weighted by Crippen LogP contribution is 2.26. The first-order valence-electron chi connectivity index (χ1n) is 12.3. The van der Waals surface area contributed by atoms with E-state index in [0.29, 0.717) is 24.6 Å². The maximum absolute atomic E-state index is 13.1. The van der Waals surface area contributed by atoms with Gasteiger partial charge in [-0.15, -0.1) is 0 Å². The van der Waals surface area contributed by atoms with Crippen molar-refractivity contribution in [3.63, 3.8) is 0 Å².